The number of carbonyl (C=O) groups is 1. The highest BCUT2D eigenvalue weighted by Gasteiger charge is 2.03. The first-order valence-electron chi connectivity index (χ1n) is 5.39. The summed E-state index contributed by atoms with van der Waals surface area (Å²) < 4.78 is 14.9. The highest BCUT2D eigenvalue weighted by molar-refractivity contribution is 5.84. The summed E-state index contributed by atoms with van der Waals surface area (Å²) in [4.78, 5) is 11.0. The molecule has 0 aliphatic carbocycles. The van der Waals surface area contributed by atoms with Gasteiger partial charge in [0.25, 0.3) is 0 Å². The van der Waals surface area contributed by atoms with Crippen LogP contribution in [0.5, 0.6) is 11.5 Å². The number of methoxy groups -OCH3 is 2. The van der Waals surface area contributed by atoms with Crippen LogP contribution in [0.1, 0.15) is 12.5 Å². The number of hydrogen-bond acceptors (Lipinski definition) is 5. The van der Waals surface area contributed by atoms with Gasteiger partial charge in [0.05, 0.1) is 27.0 Å². The summed E-state index contributed by atoms with van der Waals surface area (Å²) in [5, 5.41) is 3.75. The normalized spacial score (nSPS) is 10.2. The Kier molecular flexibility index (Phi) is 5.50. The van der Waals surface area contributed by atoms with Crippen LogP contribution in [0.2, 0.25) is 0 Å². The van der Waals surface area contributed by atoms with Crippen molar-refractivity contribution in [2.45, 2.75) is 6.92 Å². The molecule has 6 nitrogen and oxygen atoms in total. The number of rotatable bonds is 5. The van der Waals surface area contributed by atoms with Gasteiger partial charge in [-0.2, -0.15) is 5.10 Å². The van der Waals surface area contributed by atoms with E-state index in [2.05, 4.69) is 15.3 Å². The molecule has 0 saturated carbocycles. The zero-order chi connectivity index (χ0) is 13.4. The topological polar surface area (TPSA) is 69.2 Å². The molecule has 98 valence electrons. The number of nitrogens with zero attached hydrogens (tertiary/aromatic N) is 1. The van der Waals surface area contributed by atoms with E-state index in [9.17, 15) is 4.79 Å². The fraction of sp³-hybridized carbons (Fsp3) is 0.333. The third kappa shape index (κ3) is 3.97. The Morgan fingerprint density at radius 3 is 2.78 bits per heavy atom. The van der Waals surface area contributed by atoms with Gasteiger partial charge in [0, 0.05) is 11.6 Å². The predicted octanol–water partition coefficient (Wildman–Crippen LogP) is 1.78. The van der Waals surface area contributed by atoms with E-state index >= 15 is 0 Å². The Balaban J connectivity index is 2.71. The van der Waals surface area contributed by atoms with Gasteiger partial charge in [-0.25, -0.2) is 10.2 Å². The minimum Gasteiger partial charge on any atom is -0.497 e. The SMILES string of the molecule is CCOC(=O)N/N=C/c1ccc(OC)cc1OC. The lowest BCUT2D eigenvalue weighted by molar-refractivity contribution is 0.152. The van der Waals surface area contributed by atoms with Crippen LogP contribution in [0.3, 0.4) is 0 Å². The molecular formula is C12H16N2O4. The number of ether oxygens (including phenoxy) is 3. The van der Waals surface area contributed by atoms with Crippen LogP contribution in [-0.2, 0) is 4.74 Å². The minimum absolute atomic E-state index is 0.299. The second kappa shape index (κ2) is 7.16. The van der Waals surface area contributed by atoms with E-state index < -0.39 is 6.09 Å². The van der Waals surface area contributed by atoms with Gasteiger partial charge in [-0.1, -0.05) is 0 Å². The van der Waals surface area contributed by atoms with Crippen molar-refractivity contribution in [3.63, 3.8) is 0 Å². The molecule has 1 aromatic rings. The van der Waals surface area contributed by atoms with Crippen molar-refractivity contribution in [3.8, 4) is 11.5 Å². The van der Waals surface area contributed by atoms with Crippen LogP contribution in [0.4, 0.5) is 4.79 Å². The first-order valence-corrected chi connectivity index (χ1v) is 5.39. The van der Waals surface area contributed by atoms with E-state index in [1.54, 1.807) is 39.3 Å². The molecule has 0 spiro atoms. The van der Waals surface area contributed by atoms with Gasteiger partial charge in [0.1, 0.15) is 11.5 Å². The summed E-state index contributed by atoms with van der Waals surface area (Å²) >= 11 is 0. The largest absolute Gasteiger partial charge is 0.497 e. The number of carbonyl (C=O) groups excluding carboxylic acids is 1. The molecule has 0 heterocycles. The fourth-order valence-electron chi connectivity index (χ4n) is 1.24. The van der Waals surface area contributed by atoms with E-state index in [0.717, 1.165) is 5.56 Å². The summed E-state index contributed by atoms with van der Waals surface area (Å²) in [5.74, 6) is 1.28. The molecule has 0 fully saturated rings. The maximum absolute atomic E-state index is 11.0. The highest BCUT2D eigenvalue weighted by Crippen LogP contribution is 2.22. The molecule has 0 aliphatic heterocycles. The number of amides is 1. The number of benzene rings is 1. The Morgan fingerprint density at radius 1 is 1.39 bits per heavy atom. The maximum atomic E-state index is 11.0. The second-order valence-corrected chi connectivity index (χ2v) is 3.20. The first-order chi connectivity index (χ1) is 8.71. The smallest absolute Gasteiger partial charge is 0.427 e. The van der Waals surface area contributed by atoms with Crippen molar-refractivity contribution in [2.75, 3.05) is 20.8 Å². The number of hydrogen-bond donors (Lipinski definition) is 1. The van der Waals surface area contributed by atoms with Gasteiger partial charge < -0.3 is 14.2 Å². The number of hydrazone groups is 1. The van der Waals surface area contributed by atoms with Crippen LogP contribution in [0, 0.1) is 0 Å². The zero-order valence-corrected chi connectivity index (χ0v) is 10.6. The highest BCUT2D eigenvalue weighted by atomic mass is 16.5. The summed E-state index contributed by atoms with van der Waals surface area (Å²) in [6.07, 6.45) is 0.871. The summed E-state index contributed by atoms with van der Waals surface area (Å²) in [6, 6.07) is 5.27. The van der Waals surface area contributed by atoms with Gasteiger partial charge in [0.15, 0.2) is 0 Å². The molecule has 1 amide bonds. The third-order valence-corrected chi connectivity index (χ3v) is 2.08. The molecule has 0 unspecified atom stereocenters. The van der Waals surface area contributed by atoms with Crippen molar-refractivity contribution < 1.29 is 19.0 Å². The molecule has 1 rings (SSSR count). The van der Waals surface area contributed by atoms with E-state index in [1.807, 2.05) is 0 Å². The maximum Gasteiger partial charge on any atom is 0.427 e. The van der Waals surface area contributed by atoms with E-state index in [1.165, 1.54) is 6.21 Å². The first kappa shape index (κ1) is 13.8. The molecule has 0 radical (unpaired) electrons. The molecule has 1 N–H and O–H groups in total. The molecule has 0 aromatic heterocycles. The van der Waals surface area contributed by atoms with Crippen molar-refractivity contribution in [1.82, 2.24) is 5.43 Å². The van der Waals surface area contributed by atoms with Crippen LogP contribution >= 0.6 is 0 Å². The summed E-state index contributed by atoms with van der Waals surface area (Å²) in [6.45, 7) is 2.02. The average molecular weight is 252 g/mol. The van der Waals surface area contributed by atoms with E-state index in [0.29, 0.717) is 18.1 Å². The molecule has 0 aliphatic rings. The average Bonchev–Trinajstić information content (AvgIpc) is 2.39. The van der Waals surface area contributed by atoms with Gasteiger partial charge in [-0.3, -0.25) is 0 Å². The Morgan fingerprint density at radius 2 is 2.17 bits per heavy atom. The van der Waals surface area contributed by atoms with E-state index in [-0.39, 0.29) is 0 Å². The van der Waals surface area contributed by atoms with Gasteiger partial charge in [-0.05, 0) is 19.1 Å². The molecule has 18 heavy (non-hydrogen) atoms. The van der Waals surface area contributed by atoms with Crippen molar-refractivity contribution in [2.24, 2.45) is 5.10 Å². The number of nitrogens with one attached hydrogen (secondary N) is 1. The Labute approximate surface area is 106 Å². The van der Waals surface area contributed by atoms with Crippen molar-refractivity contribution in [3.05, 3.63) is 23.8 Å². The van der Waals surface area contributed by atoms with Crippen LogP contribution < -0.4 is 14.9 Å². The second-order valence-electron chi connectivity index (χ2n) is 3.20. The molecule has 1 aromatic carbocycles. The van der Waals surface area contributed by atoms with Crippen LogP contribution in [-0.4, -0.2) is 33.1 Å². The lowest BCUT2D eigenvalue weighted by Gasteiger charge is -2.06. The fourth-order valence-corrected chi connectivity index (χ4v) is 1.24. The van der Waals surface area contributed by atoms with Gasteiger partial charge in [-0.15, -0.1) is 0 Å². The Bertz CT molecular complexity index is 432. The molecule has 0 bridgehead atoms. The summed E-state index contributed by atoms with van der Waals surface area (Å²) in [7, 11) is 3.12. The van der Waals surface area contributed by atoms with Crippen molar-refractivity contribution >= 4 is 12.3 Å². The summed E-state index contributed by atoms with van der Waals surface area (Å²) in [5.41, 5.74) is 2.95. The monoisotopic (exact) mass is 252 g/mol. The predicted molar refractivity (Wildman–Crippen MR) is 67.3 cm³/mol. The van der Waals surface area contributed by atoms with Gasteiger partial charge in [0.2, 0.25) is 0 Å². The molecule has 6 heteroatoms. The van der Waals surface area contributed by atoms with E-state index in [4.69, 9.17) is 9.47 Å². The molecular weight excluding hydrogens is 236 g/mol. The lowest BCUT2D eigenvalue weighted by Crippen LogP contribution is -2.18. The quantitative estimate of drug-likeness (QED) is 0.640. The minimum atomic E-state index is -0.596. The van der Waals surface area contributed by atoms with Crippen molar-refractivity contribution in [1.29, 1.82) is 0 Å². The van der Waals surface area contributed by atoms with Crippen LogP contribution in [0.25, 0.3) is 0 Å². The Hall–Kier alpha value is -2.24. The third-order valence-electron chi connectivity index (χ3n) is 2.08. The van der Waals surface area contributed by atoms with Gasteiger partial charge >= 0.3 is 6.09 Å². The van der Waals surface area contributed by atoms with Crippen LogP contribution in [0.15, 0.2) is 23.3 Å². The molecule has 0 saturated heterocycles. The lowest BCUT2D eigenvalue weighted by atomic mass is 10.2. The standard InChI is InChI=1S/C12H16N2O4/c1-4-18-12(15)14-13-8-9-5-6-10(16-2)7-11(9)17-3/h5-8H,4H2,1-3H3,(H,14,15)/b13-8+. The molecule has 0 atom stereocenters. The zero-order valence-electron chi connectivity index (χ0n) is 10.6.